The van der Waals surface area contributed by atoms with E-state index in [0.717, 1.165) is 5.56 Å². The standard InChI is InChI=1S/C14H12BrN3O/c1-2-8-18-14(19)13(15)12(10-17-18)16-9-11-6-4-3-5-7-11/h1,3-7,10,16H,8-9H2. The van der Waals surface area contributed by atoms with Gasteiger partial charge in [0.2, 0.25) is 0 Å². The molecule has 0 fully saturated rings. The Morgan fingerprint density at radius 3 is 2.79 bits per heavy atom. The zero-order valence-corrected chi connectivity index (χ0v) is 11.7. The molecule has 1 aromatic carbocycles. The summed E-state index contributed by atoms with van der Waals surface area (Å²) in [6.45, 7) is 0.788. The van der Waals surface area contributed by atoms with Crippen molar-refractivity contribution in [2.45, 2.75) is 13.1 Å². The van der Waals surface area contributed by atoms with Crippen LogP contribution in [0.3, 0.4) is 0 Å². The molecule has 0 saturated heterocycles. The highest BCUT2D eigenvalue weighted by Gasteiger charge is 2.07. The summed E-state index contributed by atoms with van der Waals surface area (Å²) in [6, 6.07) is 9.91. The number of nitrogens with zero attached hydrogens (tertiary/aromatic N) is 2. The fourth-order valence-corrected chi connectivity index (χ4v) is 2.03. The van der Waals surface area contributed by atoms with E-state index in [4.69, 9.17) is 6.42 Å². The van der Waals surface area contributed by atoms with Crippen molar-refractivity contribution in [3.05, 3.63) is 56.9 Å². The van der Waals surface area contributed by atoms with Crippen molar-refractivity contribution in [1.29, 1.82) is 0 Å². The van der Waals surface area contributed by atoms with Gasteiger partial charge < -0.3 is 5.32 Å². The van der Waals surface area contributed by atoms with Crippen LogP contribution in [0.25, 0.3) is 0 Å². The third-order valence-electron chi connectivity index (χ3n) is 2.55. The molecule has 0 unspecified atom stereocenters. The summed E-state index contributed by atoms with van der Waals surface area (Å²) in [7, 11) is 0. The van der Waals surface area contributed by atoms with E-state index in [0.29, 0.717) is 16.7 Å². The Bertz CT molecular complexity index is 659. The number of benzene rings is 1. The minimum absolute atomic E-state index is 0.163. The highest BCUT2D eigenvalue weighted by Crippen LogP contribution is 2.17. The van der Waals surface area contributed by atoms with Crippen LogP contribution in [0.4, 0.5) is 5.69 Å². The minimum Gasteiger partial charge on any atom is -0.379 e. The molecular weight excluding hydrogens is 306 g/mol. The highest BCUT2D eigenvalue weighted by molar-refractivity contribution is 9.10. The van der Waals surface area contributed by atoms with Crippen LogP contribution >= 0.6 is 15.9 Å². The Morgan fingerprint density at radius 1 is 1.37 bits per heavy atom. The number of hydrogen-bond donors (Lipinski definition) is 1. The molecule has 0 spiro atoms. The zero-order chi connectivity index (χ0) is 13.7. The van der Waals surface area contributed by atoms with Crippen molar-refractivity contribution >= 4 is 21.6 Å². The van der Waals surface area contributed by atoms with Crippen molar-refractivity contribution < 1.29 is 0 Å². The lowest BCUT2D eigenvalue weighted by atomic mass is 10.2. The second kappa shape index (κ2) is 6.21. The van der Waals surface area contributed by atoms with E-state index in [9.17, 15) is 4.79 Å². The van der Waals surface area contributed by atoms with Crippen LogP contribution < -0.4 is 10.9 Å². The minimum atomic E-state index is -0.240. The van der Waals surface area contributed by atoms with Gasteiger partial charge in [0.05, 0.1) is 11.9 Å². The maximum atomic E-state index is 11.9. The predicted molar refractivity (Wildman–Crippen MR) is 78.8 cm³/mol. The first-order valence-corrected chi connectivity index (χ1v) is 6.48. The summed E-state index contributed by atoms with van der Waals surface area (Å²) in [4.78, 5) is 11.9. The van der Waals surface area contributed by atoms with Crippen molar-refractivity contribution in [3.8, 4) is 12.3 Å². The van der Waals surface area contributed by atoms with Gasteiger partial charge in [0.1, 0.15) is 11.0 Å². The quantitative estimate of drug-likeness (QED) is 0.880. The molecule has 0 radical (unpaired) electrons. The Labute approximate surface area is 119 Å². The third-order valence-corrected chi connectivity index (χ3v) is 3.32. The Kier molecular flexibility index (Phi) is 4.37. The lowest BCUT2D eigenvalue weighted by molar-refractivity contribution is 0.659. The van der Waals surface area contributed by atoms with Gasteiger partial charge in [-0.3, -0.25) is 4.79 Å². The van der Waals surface area contributed by atoms with E-state index >= 15 is 0 Å². The first-order valence-electron chi connectivity index (χ1n) is 5.69. The maximum absolute atomic E-state index is 11.9. The highest BCUT2D eigenvalue weighted by atomic mass is 79.9. The van der Waals surface area contributed by atoms with Crippen molar-refractivity contribution in [2.24, 2.45) is 0 Å². The molecule has 1 heterocycles. The Morgan fingerprint density at radius 2 is 2.11 bits per heavy atom. The average Bonchev–Trinajstić information content (AvgIpc) is 2.44. The summed E-state index contributed by atoms with van der Waals surface area (Å²) in [6.07, 6.45) is 6.76. The number of terminal acetylenes is 1. The van der Waals surface area contributed by atoms with Gasteiger partial charge in [-0.2, -0.15) is 5.10 Å². The first kappa shape index (κ1) is 13.4. The van der Waals surface area contributed by atoms with Crippen LogP contribution in [0.15, 0.2) is 45.8 Å². The predicted octanol–water partition coefficient (Wildman–Crippen LogP) is 2.25. The lowest BCUT2D eigenvalue weighted by Crippen LogP contribution is -2.24. The van der Waals surface area contributed by atoms with Crippen LogP contribution in [-0.4, -0.2) is 9.78 Å². The molecule has 2 rings (SSSR count). The topological polar surface area (TPSA) is 46.9 Å². The van der Waals surface area contributed by atoms with Crippen LogP contribution in [0.1, 0.15) is 5.56 Å². The molecule has 5 heteroatoms. The fraction of sp³-hybridized carbons (Fsp3) is 0.143. The number of nitrogens with one attached hydrogen (secondary N) is 1. The Balaban J connectivity index is 2.16. The zero-order valence-electron chi connectivity index (χ0n) is 10.1. The molecule has 0 saturated carbocycles. The van der Waals surface area contributed by atoms with Gasteiger partial charge >= 0.3 is 0 Å². The molecule has 1 aromatic heterocycles. The van der Waals surface area contributed by atoms with E-state index in [1.807, 2.05) is 30.3 Å². The van der Waals surface area contributed by atoms with Gasteiger partial charge in [-0.1, -0.05) is 36.3 Å². The molecule has 4 nitrogen and oxygen atoms in total. The van der Waals surface area contributed by atoms with Gasteiger partial charge in [0.15, 0.2) is 0 Å². The maximum Gasteiger partial charge on any atom is 0.284 e. The summed E-state index contributed by atoms with van der Waals surface area (Å²) >= 11 is 3.27. The molecule has 0 atom stereocenters. The Hall–Kier alpha value is -2.06. The van der Waals surface area contributed by atoms with Crippen molar-refractivity contribution in [3.63, 3.8) is 0 Å². The van der Waals surface area contributed by atoms with Crippen LogP contribution in [0.5, 0.6) is 0 Å². The normalized spacial score (nSPS) is 9.89. The molecule has 0 aliphatic carbocycles. The third kappa shape index (κ3) is 3.24. The van der Waals surface area contributed by atoms with E-state index in [1.165, 1.54) is 4.68 Å². The largest absolute Gasteiger partial charge is 0.379 e. The molecule has 0 aliphatic rings. The smallest absolute Gasteiger partial charge is 0.284 e. The molecule has 1 N–H and O–H groups in total. The monoisotopic (exact) mass is 317 g/mol. The molecule has 2 aromatic rings. The molecule has 0 aliphatic heterocycles. The van der Waals surface area contributed by atoms with Crippen molar-refractivity contribution in [2.75, 3.05) is 5.32 Å². The second-order valence-corrected chi connectivity index (χ2v) is 4.67. The molecular formula is C14H12BrN3O. The van der Waals surface area contributed by atoms with Gasteiger partial charge in [-0.15, -0.1) is 6.42 Å². The summed E-state index contributed by atoms with van der Waals surface area (Å²) in [5.74, 6) is 2.39. The number of rotatable bonds is 4. The van der Waals surface area contributed by atoms with Crippen LogP contribution in [0.2, 0.25) is 0 Å². The van der Waals surface area contributed by atoms with Crippen molar-refractivity contribution in [1.82, 2.24) is 9.78 Å². The van der Waals surface area contributed by atoms with Crippen LogP contribution in [-0.2, 0) is 13.1 Å². The summed E-state index contributed by atoms with van der Waals surface area (Å²) in [5.41, 5.74) is 1.54. The lowest BCUT2D eigenvalue weighted by Gasteiger charge is -2.09. The number of halogens is 1. The van der Waals surface area contributed by atoms with Gasteiger partial charge in [0, 0.05) is 6.54 Å². The fourth-order valence-electron chi connectivity index (χ4n) is 1.58. The second-order valence-electron chi connectivity index (χ2n) is 3.88. The number of aromatic nitrogens is 2. The SMILES string of the molecule is C#CCn1ncc(NCc2ccccc2)c(Br)c1=O. The molecule has 0 amide bonds. The molecule has 0 bridgehead atoms. The summed E-state index contributed by atoms with van der Waals surface area (Å²) < 4.78 is 1.67. The van der Waals surface area contributed by atoms with E-state index in [-0.39, 0.29) is 12.1 Å². The van der Waals surface area contributed by atoms with Gasteiger partial charge in [-0.05, 0) is 21.5 Å². The van der Waals surface area contributed by atoms with E-state index in [1.54, 1.807) is 6.20 Å². The van der Waals surface area contributed by atoms with E-state index in [2.05, 4.69) is 32.3 Å². The number of anilines is 1. The molecule has 19 heavy (non-hydrogen) atoms. The van der Waals surface area contributed by atoms with Crippen LogP contribution in [0, 0.1) is 12.3 Å². The summed E-state index contributed by atoms with van der Waals surface area (Å²) in [5, 5.41) is 7.18. The van der Waals surface area contributed by atoms with E-state index < -0.39 is 0 Å². The first-order chi connectivity index (χ1) is 9.22. The van der Waals surface area contributed by atoms with Gasteiger partial charge in [-0.25, -0.2) is 4.68 Å². The number of hydrogen-bond acceptors (Lipinski definition) is 3. The molecule has 96 valence electrons. The average molecular weight is 318 g/mol. The van der Waals surface area contributed by atoms with Gasteiger partial charge in [0.25, 0.3) is 5.56 Å².